The Labute approximate surface area is 103 Å². The summed E-state index contributed by atoms with van der Waals surface area (Å²) in [6.45, 7) is 2.69. The second kappa shape index (κ2) is 4.81. The van der Waals surface area contributed by atoms with E-state index in [-0.39, 0.29) is 12.2 Å². The third-order valence-electron chi connectivity index (χ3n) is 2.84. The van der Waals surface area contributed by atoms with Crippen molar-refractivity contribution in [1.29, 1.82) is 5.26 Å². The van der Waals surface area contributed by atoms with Crippen LogP contribution in [0, 0.1) is 16.7 Å². The van der Waals surface area contributed by atoms with Crippen LogP contribution in [0.4, 0.5) is 13.2 Å². The number of nitrogens with zero attached hydrogens (tertiary/aromatic N) is 1. The second-order valence-electron chi connectivity index (χ2n) is 4.38. The molecular formula is C13H12F3NO. The maximum Gasteiger partial charge on any atom is 0.416 e. The summed E-state index contributed by atoms with van der Waals surface area (Å²) in [7, 11) is 0. The first-order chi connectivity index (χ1) is 8.19. The van der Waals surface area contributed by atoms with Crippen LogP contribution in [-0.2, 0) is 17.4 Å². The predicted octanol–water partition coefficient (Wildman–Crippen LogP) is 3.37. The Morgan fingerprint density at radius 2 is 2.00 bits per heavy atom. The minimum Gasteiger partial charge on any atom is -0.298 e. The van der Waals surface area contributed by atoms with E-state index >= 15 is 0 Å². The molecule has 0 aliphatic carbocycles. The fraction of sp³-hybridized carbons (Fsp3) is 0.385. The van der Waals surface area contributed by atoms with Crippen molar-refractivity contribution in [3.8, 4) is 6.07 Å². The van der Waals surface area contributed by atoms with Crippen LogP contribution in [0.15, 0.2) is 24.3 Å². The molecule has 0 fully saturated rings. The summed E-state index contributed by atoms with van der Waals surface area (Å²) < 4.78 is 37.5. The Morgan fingerprint density at radius 3 is 2.44 bits per heavy atom. The SMILES string of the molecule is CC(=O)C(C)(C#N)Cc1cccc(C(F)(F)F)c1. The van der Waals surface area contributed by atoms with Crippen molar-refractivity contribution >= 4 is 5.78 Å². The van der Waals surface area contributed by atoms with E-state index in [0.29, 0.717) is 5.56 Å². The highest BCUT2D eigenvalue weighted by molar-refractivity contribution is 5.85. The van der Waals surface area contributed by atoms with E-state index in [1.54, 1.807) is 0 Å². The molecule has 0 amide bonds. The van der Waals surface area contributed by atoms with Crippen LogP contribution in [0.25, 0.3) is 0 Å². The van der Waals surface area contributed by atoms with Gasteiger partial charge in [0.25, 0.3) is 0 Å². The lowest BCUT2D eigenvalue weighted by Crippen LogP contribution is -2.26. The number of alkyl halides is 3. The molecule has 1 atom stereocenters. The first-order valence-corrected chi connectivity index (χ1v) is 5.27. The summed E-state index contributed by atoms with van der Waals surface area (Å²) in [5.74, 6) is -0.359. The number of halogens is 3. The lowest BCUT2D eigenvalue weighted by Gasteiger charge is -2.18. The monoisotopic (exact) mass is 255 g/mol. The van der Waals surface area contributed by atoms with Crippen LogP contribution >= 0.6 is 0 Å². The molecule has 1 rings (SSSR count). The first-order valence-electron chi connectivity index (χ1n) is 5.27. The van der Waals surface area contributed by atoms with Gasteiger partial charge in [-0.05, 0) is 31.9 Å². The summed E-state index contributed by atoms with van der Waals surface area (Å²) in [4.78, 5) is 11.3. The van der Waals surface area contributed by atoms with Gasteiger partial charge in [0.2, 0.25) is 0 Å². The molecular weight excluding hydrogens is 243 g/mol. The number of Topliss-reactive ketones (excluding diaryl/α,β-unsaturated/α-hetero) is 1. The van der Waals surface area contributed by atoms with Gasteiger partial charge in [-0.1, -0.05) is 18.2 Å². The number of carbonyl (C=O) groups is 1. The van der Waals surface area contributed by atoms with Gasteiger partial charge in [-0.2, -0.15) is 18.4 Å². The largest absolute Gasteiger partial charge is 0.416 e. The van der Waals surface area contributed by atoms with Crippen LogP contribution in [0.1, 0.15) is 25.0 Å². The highest BCUT2D eigenvalue weighted by Gasteiger charge is 2.33. The van der Waals surface area contributed by atoms with Crippen molar-refractivity contribution < 1.29 is 18.0 Å². The maximum atomic E-state index is 12.5. The molecule has 0 aliphatic rings. The first kappa shape index (κ1) is 14.2. The molecule has 96 valence electrons. The lowest BCUT2D eigenvalue weighted by molar-refractivity contribution is -0.137. The van der Waals surface area contributed by atoms with Gasteiger partial charge in [-0.15, -0.1) is 0 Å². The third-order valence-corrected chi connectivity index (χ3v) is 2.84. The summed E-state index contributed by atoms with van der Waals surface area (Å²) in [5.41, 5.74) is -1.74. The lowest BCUT2D eigenvalue weighted by atomic mass is 9.81. The molecule has 1 unspecified atom stereocenters. The second-order valence-corrected chi connectivity index (χ2v) is 4.38. The minimum atomic E-state index is -4.42. The predicted molar refractivity (Wildman–Crippen MR) is 59.5 cm³/mol. The van der Waals surface area contributed by atoms with E-state index in [0.717, 1.165) is 12.1 Å². The van der Waals surface area contributed by atoms with Crippen molar-refractivity contribution in [1.82, 2.24) is 0 Å². The Balaban J connectivity index is 3.07. The number of rotatable bonds is 3. The quantitative estimate of drug-likeness (QED) is 0.830. The zero-order chi connectivity index (χ0) is 14.0. The van der Waals surface area contributed by atoms with Crippen LogP contribution in [-0.4, -0.2) is 5.78 Å². The number of nitriles is 1. The molecule has 0 N–H and O–H groups in total. The van der Waals surface area contributed by atoms with E-state index in [4.69, 9.17) is 5.26 Å². The Bertz CT molecular complexity index is 502. The average molecular weight is 255 g/mol. The topological polar surface area (TPSA) is 40.9 Å². The van der Waals surface area contributed by atoms with Gasteiger partial charge in [0, 0.05) is 0 Å². The van der Waals surface area contributed by atoms with Crippen LogP contribution < -0.4 is 0 Å². The molecule has 0 aromatic heterocycles. The normalized spacial score (nSPS) is 14.7. The Hall–Kier alpha value is -1.83. The molecule has 0 heterocycles. The van der Waals surface area contributed by atoms with E-state index in [2.05, 4.69) is 0 Å². The van der Waals surface area contributed by atoms with Crippen LogP contribution in [0.2, 0.25) is 0 Å². The highest BCUT2D eigenvalue weighted by Crippen LogP contribution is 2.31. The van der Waals surface area contributed by atoms with Gasteiger partial charge in [-0.25, -0.2) is 0 Å². The molecule has 0 radical (unpaired) electrons. The highest BCUT2D eigenvalue weighted by atomic mass is 19.4. The van der Waals surface area contributed by atoms with E-state index in [1.165, 1.54) is 26.0 Å². The van der Waals surface area contributed by atoms with Crippen molar-refractivity contribution in [2.24, 2.45) is 5.41 Å². The minimum absolute atomic E-state index is 0.0250. The van der Waals surface area contributed by atoms with E-state index in [9.17, 15) is 18.0 Å². The zero-order valence-corrected chi connectivity index (χ0v) is 10.0. The summed E-state index contributed by atoms with van der Waals surface area (Å²) in [6.07, 6.45) is -4.45. The van der Waals surface area contributed by atoms with Gasteiger partial charge in [0.1, 0.15) is 11.2 Å². The van der Waals surface area contributed by atoms with Gasteiger partial charge in [0.05, 0.1) is 11.6 Å². The number of benzene rings is 1. The molecule has 2 nitrogen and oxygen atoms in total. The summed E-state index contributed by atoms with van der Waals surface area (Å²) in [6, 6.07) is 6.54. The Morgan fingerprint density at radius 1 is 1.39 bits per heavy atom. The molecule has 1 aromatic carbocycles. The molecule has 0 bridgehead atoms. The fourth-order valence-corrected chi connectivity index (χ4v) is 1.51. The van der Waals surface area contributed by atoms with E-state index < -0.39 is 17.2 Å². The number of carbonyl (C=O) groups excluding carboxylic acids is 1. The standard InChI is InChI=1S/C13H12F3NO/c1-9(18)12(2,8-17)7-10-4-3-5-11(6-10)13(14,15)16/h3-6H,7H2,1-2H3. The van der Waals surface area contributed by atoms with E-state index in [1.807, 2.05) is 6.07 Å². The number of hydrogen-bond acceptors (Lipinski definition) is 2. The molecule has 0 saturated heterocycles. The molecule has 0 spiro atoms. The van der Waals surface area contributed by atoms with Gasteiger partial charge in [0.15, 0.2) is 0 Å². The molecule has 1 aromatic rings. The maximum absolute atomic E-state index is 12.5. The van der Waals surface area contributed by atoms with Gasteiger partial charge < -0.3 is 0 Å². The number of hydrogen-bond donors (Lipinski definition) is 0. The van der Waals surface area contributed by atoms with Crippen molar-refractivity contribution in [2.75, 3.05) is 0 Å². The van der Waals surface area contributed by atoms with Crippen molar-refractivity contribution in [3.05, 3.63) is 35.4 Å². The summed E-state index contributed by atoms with van der Waals surface area (Å²) >= 11 is 0. The fourth-order valence-electron chi connectivity index (χ4n) is 1.51. The van der Waals surface area contributed by atoms with Crippen LogP contribution in [0.5, 0.6) is 0 Å². The number of ketones is 1. The smallest absolute Gasteiger partial charge is 0.298 e. The van der Waals surface area contributed by atoms with Crippen LogP contribution in [0.3, 0.4) is 0 Å². The average Bonchev–Trinajstić information content (AvgIpc) is 2.28. The third kappa shape index (κ3) is 3.10. The Kier molecular flexibility index (Phi) is 3.80. The van der Waals surface area contributed by atoms with Gasteiger partial charge >= 0.3 is 6.18 Å². The molecule has 0 aliphatic heterocycles. The molecule has 5 heteroatoms. The van der Waals surface area contributed by atoms with Crippen molar-refractivity contribution in [3.63, 3.8) is 0 Å². The summed E-state index contributed by atoms with van der Waals surface area (Å²) in [5, 5.41) is 8.95. The van der Waals surface area contributed by atoms with Crippen molar-refractivity contribution in [2.45, 2.75) is 26.4 Å². The molecule has 18 heavy (non-hydrogen) atoms. The van der Waals surface area contributed by atoms with Gasteiger partial charge in [-0.3, -0.25) is 4.79 Å². The zero-order valence-electron chi connectivity index (χ0n) is 10.0. The molecule has 0 saturated carbocycles.